The SMILES string of the molecule is O=C(/C=C\c1ccc(O)c(O)c1)OC1CCN2[C@@H]3C[C@@H](C[C@@H]2C1)N1CCCC[C@@H]1C3. The van der Waals surface area contributed by atoms with Crippen LogP contribution in [-0.2, 0) is 9.53 Å². The van der Waals surface area contributed by atoms with Gasteiger partial charge < -0.3 is 14.9 Å². The molecule has 30 heavy (non-hydrogen) atoms. The van der Waals surface area contributed by atoms with Gasteiger partial charge in [-0.3, -0.25) is 9.80 Å². The van der Waals surface area contributed by atoms with Crippen LogP contribution in [0.3, 0.4) is 0 Å². The summed E-state index contributed by atoms with van der Waals surface area (Å²) < 4.78 is 5.77. The lowest BCUT2D eigenvalue weighted by Gasteiger charge is -2.58. The summed E-state index contributed by atoms with van der Waals surface area (Å²) in [6, 6.07) is 7.23. The van der Waals surface area contributed by atoms with Crippen LogP contribution in [0.1, 0.15) is 56.9 Å². The minimum Gasteiger partial charge on any atom is -0.504 e. The Kier molecular flexibility index (Phi) is 5.46. The molecule has 2 bridgehead atoms. The van der Waals surface area contributed by atoms with E-state index in [9.17, 15) is 15.0 Å². The molecule has 1 aromatic carbocycles. The summed E-state index contributed by atoms with van der Waals surface area (Å²) in [5.74, 6) is -0.709. The average Bonchev–Trinajstić information content (AvgIpc) is 2.74. The monoisotopic (exact) mass is 412 g/mol. The molecule has 4 aliphatic rings. The molecule has 0 radical (unpaired) electrons. The highest BCUT2D eigenvalue weighted by Gasteiger charge is 2.47. The van der Waals surface area contributed by atoms with Crippen LogP contribution in [-0.4, -0.2) is 69.3 Å². The zero-order chi connectivity index (χ0) is 20.7. The number of carbonyl (C=O) groups is 1. The predicted octanol–water partition coefficient (Wildman–Crippen LogP) is 3.28. The number of esters is 1. The number of carbonyl (C=O) groups excluding carboxylic acids is 1. The van der Waals surface area contributed by atoms with Gasteiger partial charge in [-0.15, -0.1) is 0 Å². The average molecular weight is 413 g/mol. The van der Waals surface area contributed by atoms with E-state index in [4.69, 9.17) is 4.74 Å². The van der Waals surface area contributed by atoms with Crippen LogP contribution in [0.4, 0.5) is 0 Å². The van der Waals surface area contributed by atoms with Gasteiger partial charge in [-0.25, -0.2) is 4.79 Å². The van der Waals surface area contributed by atoms with E-state index in [-0.39, 0.29) is 23.6 Å². The van der Waals surface area contributed by atoms with Crippen molar-refractivity contribution in [1.82, 2.24) is 9.80 Å². The molecule has 6 nitrogen and oxygen atoms in total. The number of hydrogen-bond donors (Lipinski definition) is 2. The van der Waals surface area contributed by atoms with Crippen molar-refractivity contribution in [3.63, 3.8) is 0 Å². The number of phenolic OH excluding ortho intramolecular Hbond substituents is 2. The van der Waals surface area contributed by atoms with Crippen LogP contribution >= 0.6 is 0 Å². The van der Waals surface area contributed by atoms with Gasteiger partial charge in [-0.05, 0) is 68.8 Å². The number of phenols is 2. The van der Waals surface area contributed by atoms with Crippen molar-refractivity contribution in [2.45, 2.75) is 81.6 Å². The highest BCUT2D eigenvalue weighted by atomic mass is 16.5. The van der Waals surface area contributed by atoms with E-state index in [0.717, 1.165) is 25.4 Å². The molecule has 4 saturated heterocycles. The fourth-order valence-electron chi connectivity index (χ4n) is 6.30. The van der Waals surface area contributed by atoms with Gasteiger partial charge in [-0.1, -0.05) is 12.5 Å². The van der Waals surface area contributed by atoms with Crippen LogP contribution in [0.15, 0.2) is 24.3 Å². The molecule has 1 aromatic rings. The largest absolute Gasteiger partial charge is 0.504 e. The number of fused-ring (bicyclic) bond motifs is 6. The van der Waals surface area contributed by atoms with Crippen molar-refractivity contribution in [2.24, 2.45) is 0 Å². The zero-order valence-electron chi connectivity index (χ0n) is 17.4. The fourth-order valence-corrected chi connectivity index (χ4v) is 6.30. The van der Waals surface area contributed by atoms with Gasteiger partial charge in [0, 0.05) is 43.2 Å². The Balaban J connectivity index is 1.18. The van der Waals surface area contributed by atoms with Crippen molar-refractivity contribution in [1.29, 1.82) is 0 Å². The molecule has 0 aromatic heterocycles. The molecule has 5 atom stereocenters. The Bertz CT molecular complexity index is 825. The summed E-state index contributed by atoms with van der Waals surface area (Å²) in [6.45, 7) is 2.30. The van der Waals surface area contributed by atoms with E-state index in [2.05, 4.69) is 9.80 Å². The summed E-state index contributed by atoms with van der Waals surface area (Å²) in [5, 5.41) is 19.0. The van der Waals surface area contributed by atoms with Crippen molar-refractivity contribution < 1.29 is 19.7 Å². The first-order valence-electron chi connectivity index (χ1n) is 11.5. The molecular formula is C24H32N2O4. The Hall–Kier alpha value is -2.05. The topological polar surface area (TPSA) is 73.2 Å². The van der Waals surface area contributed by atoms with Gasteiger partial charge in [0.2, 0.25) is 0 Å². The van der Waals surface area contributed by atoms with Crippen molar-refractivity contribution in [3.05, 3.63) is 29.8 Å². The smallest absolute Gasteiger partial charge is 0.331 e. The predicted molar refractivity (Wildman–Crippen MR) is 114 cm³/mol. The molecule has 162 valence electrons. The summed E-state index contributed by atoms with van der Waals surface area (Å²) in [6.07, 6.45) is 12.8. The van der Waals surface area contributed by atoms with Crippen molar-refractivity contribution in [2.75, 3.05) is 13.1 Å². The van der Waals surface area contributed by atoms with E-state index >= 15 is 0 Å². The van der Waals surface area contributed by atoms with E-state index in [1.165, 1.54) is 63.3 Å². The molecule has 2 N–H and O–H groups in total. The molecule has 1 unspecified atom stereocenters. The lowest BCUT2D eigenvalue weighted by atomic mass is 9.76. The van der Waals surface area contributed by atoms with E-state index in [0.29, 0.717) is 23.7 Å². The molecule has 4 fully saturated rings. The van der Waals surface area contributed by atoms with Gasteiger partial charge in [0.25, 0.3) is 0 Å². The Morgan fingerprint density at radius 3 is 2.43 bits per heavy atom. The van der Waals surface area contributed by atoms with Crippen LogP contribution in [0.5, 0.6) is 11.5 Å². The lowest BCUT2D eigenvalue weighted by Crippen LogP contribution is -2.65. The minimum absolute atomic E-state index is 0.0207. The first-order valence-corrected chi connectivity index (χ1v) is 11.5. The lowest BCUT2D eigenvalue weighted by molar-refractivity contribution is -0.149. The van der Waals surface area contributed by atoms with Crippen LogP contribution in [0, 0.1) is 0 Å². The van der Waals surface area contributed by atoms with Gasteiger partial charge >= 0.3 is 5.97 Å². The van der Waals surface area contributed by atoms with Crippen molar-refractivity contribution >= 4 is 12.0 Å². The maximum absolute atomic E-state index is 12.3. The van der Waals surface area contributed by atoms with E-state index < -0.39 is 0 Å². The molecule has 4 aliphatic heterocycles. The molecule has 0 amide bonds. The third-order valence-electron chi connectivity index (χ3n) is 7.65. The fraction of sp³-hybridized carbons (Fsp3) is 0.625. The Morgan fingerprint density at radius 2 is 1.63 bits per heavy atom. The minimum atomic E-state index is -0.340. The molecule has 0 spiro atoms. The second-order valence-corrected chi connectivity index (χ2v) is 9.46. The normalized spacial score (nSPS) is 34.3. The zero-order valence-corrected chi connectivity index (χ0v) is 17.4. The van der Waals surface area contributed by atoms with E-state index in [1.54, 1.807) is 12.1 Å². The standard InChI is InChI=1S/C24H32N2O4/c27-22-6-4-16(11-23(22)28)5-7-24(29)30-21-8-10-26-18-12-17-3-1-2-9-25(17)19(13-18)14-20(26)15-21/h4-7,11,17-21,27-28H,1-3,8-10,12-15H2/b7-5-/t17-,18+,19+,20-,21?/m1/s1. The Morgan fingerprint density at radius 1 is 0.900 bits per heavy atom. The third kappa shape index (κ3) is 3.95. The first-order chi connectivity index (χ1) is 14.6. The van der Waals surface area contributed by atoms with Crippen molar-refractivity contribution in [3.8, 4) is 11.5 Å². The third-order valence-corrected chi connectivity index (χ3v) is 7.65. The second-order valence-electron chi connectivity index (χ2n) is 9.46. The first kappa shape index (κ1) is 19.9. The molecule has 6 heteroatoms. The number of ether oxygens (including phenoxy) is 1. The number of piperidine rings is 4. The molecule has 4 heterocycles. The van der Waals surface area contributed by atoms with Gasteiger partial charge in [0.05, 0.1) is 0 Å². The molecule has 5 rings (SSSR count). The summed E-state index contributed by atoms with van der Waals surface area (Å²) >= 11 is 0. The number of hydrogen-bond acceptors (Lipinski definition) is 6. The van der Waals surface area contributed by atoms with Gasteiger partial charge in [-0.2, -0.15) is 0 Å². The quantitative estimate of drug-likeness (QED) is 0.451. The number of rotatable bonds is 3. The maximum atomic E-state index is 12.3. The highest BCUT2D eigenvalue weighted by molar-refractivity contribution is 5.87. The molecular weight excluding hydrogens is 380 g/mol. The van der Waals surface area contributed by atoms with Crippen LogP contribution in [0.2, 0.25) is 0 Å². The van der Waals surface area contributed by atoms with E-state index in [1.807, 2.05) is 0 Å². The van der Waals surface area contributed by atoms with Crippen LogP contribution < -0.4 is 0 Å². The molecule has 0 saturated carbocycles. The highest BCUT2D eigenvalue weighted by Crippen LogP contribution is 2.42. The summed E-state index contributed by atoms with van der Waals surface area (Å²) in [4.78, 5) is 17.9. The maximum Gasteiger partial charge on any atom is 0.331 e. The van der Waals surface area contributed by atoms with Gasteiger partial charge in [0.1, 0.15) is 6.10 Å². The number of aromatic hydroxyl groups is 2. The number of nitrogens with zero attached hydrogens (tertiary/aromatic N) is 2. The second kappa shape index (κ2) is 8.23. The van der Waals surface area contributed by atoms with Gasteiger partial charge in [0.15, 0.2) is 11.5 Å². The van der Waals surface area contributed by atoms with Crippen LogP contribution in [0.25, 0.3) is 6.08 Å². The summed E-state index contributed by atoms with van der Waals surface area (Å²) in [5.41, 5.74) is 0.647. The number of benzene rings is 1. The summed E-state index contributed by atoms with van der Waals surface area (Å²) in [7, 11) is 0. The Labute approximate surface area is 178 Å². The molecule has 0 aliphatic carbocycles.